The van der Waals surface area contributed by atoms with Crippen molar-refractivity contribution in [1.82, 2.24) is 4.72 Å². The summed E-state index contributed by atoms with van der Waals surface area (Å²) in [6.45, 7) is -0.821. The van der Waals surface area contributed by atoms with Crippen LogP contribution >= 0.6 is 11.6 Å². The zero-order valence-corrected chi connectivity index (χ0v) is 10.2. The van der Waals surface area contributed by atoms with Crippen LogP contribution in [0.2, 0.25) is 5.02 Å². The minimum absolute atomic E-state index is 0.211. The van der Waals surface area contributed by atoms with Crippen molar-refractivity contribution in [2.45, 2.75) is 4.90 Å². The Morgan fingerprint density at radius 2 is 2.11 bits per heavy atom. The van der Waals surface area contributed by atoms with Gasteiger partial charge in [0.2, 0.25) is 10.0 Å². The normalized spacial score (nSPS) is 11.2. The molecule has 0 radical (unpaired) electrons. The van der Waals surface area contributed by atoms with Crippen molar-refractivity contribution in [1.29, 1.82) is 0 Å². The summed E-state index contributed by atoms with van der Waals surface area (Å²) in [4.78, 5) is 19.6. The molecule has 0 fully saturated rings. The number of rotatable bonds is 5. The highest BCUT2D eigenvalue weighted by Gasteiger charge is 2.20. The van der Waals surface area contributed by atoms with Crippen molar-refractivity contribution in [3.8, 4) is 0 Å². The molecule has 0 saturated carbocycles. The lowest BCUT2D eigenvalue weighted by atomic mass is 10.3. The van der Waals surface area contributed by atoms with Crippen LogP contribution in [0, 0.1) is 10.1 Å². The molecule has 0 atom stereocenters. The number of nitro groups is 1. The lowest BCUT2D eigenvalue weighted by Gasteiger charge is -2.04. The number of nitro benzene ring substituents is 1. The number of benzene rings is 1. The highest BCUT2D eigenvalue weighted by Crippen LogP contribution is 2.26. The van der Waals surface area contributed by atoms with Crippen LogP contribution in [-0.4, -0.2) is 31.0 Å². The topological polar surface area (TPSA) is 127 Å². The summed E-state index contributed by atoms with van der Waals surface area (Å²) >= 11 is 5.52. The van der Waals surface area contributed by atoms with Gasteiger partial charge in [-0.3, -0.25) is 14.9 Å². The van der Waals surface area contributed by atoms with Crippen molar-refractivity contribution in [2.24, 2.45) is 0 Å². The molecule has 0 aliphatic rings. The summed E-state index contributed by atoms with van der Waals surface area (Å²) in [6.07, 6.45) is 0. The first kappa shape index (κ1) is 14.4. The molecule has 0 unspecified atom stereocenters. The smallest absolute Gasteiger partial charge is 0.318 e. The number of hydrogen-bond acceptors (Lipinski definition) is 5. The number of carboxylic acids is 1. The Labute approximate surface area is 106 Å². The summed E-state index contributed by atoms with van der Waals surface area (Å²) in [5.74, 6) is -1.37. The molecule has 98 valence electrons. The number of halogens is 1. The predicted octanol–water partition coefficient (Wildman–Crippen LogP) is 0.611. The SMILES string of the molecule is O=C(O)CNS(=O)(=O)c1ccc(Cl)c([N+](=O)[O-])c1. The molecule has 1 aromatic rings. The molecule has 8 nitrogen and oxygen atoms in total. The summed E-state index contributed by atoms with van der Waals surface area (Å²) in [7, 11) is -4.12. The van der Waals surface area contributed by atoms with Crippen LogP contribution in [0.25, 0.3) is 0 Å². The molecule has 0 aliphatic heterocycles. The molecule has 10 heteroatoms. The molecule has 0 amide bonds. The minimum Gasteiger partial charge on any atom is -0.480 e. The van der Waals surface area contributed by atoms with Gasteiger partial charge in [-0.1, -0.05) is 11.6 Å². The number of sulfonamides is 1. The number of hydrogen-bond donors (Lipinski definition) is 2. The minimum atomic E-state index is -4.12. The van der Waals surface area contributed by atoms with Gasteiger partial charge in [0.1, 0.15) is 11.6 Å². The Kier molecular flexibility index (Phi) is 4.22. The quantitative estimate of drug-likeness (QED) is 0.605. The van der Waals surface area contributed by atoms with E-state index in [0.29, 0.717) is 0 Å². The number of aliphatic carboxylic acids is 1. The molecule has 0 spiro atoms. The molecular weight excluding hydrogens is 288 g/mol. The Morgan fingerprint density at radius 1 is 1.50 bits per heavy atom. The maximum absolute atomic E-state index is 11.6. The molecule has 18 heavy (non-hydrogen) atoms. The van der Waals surface area contributed by atoms with E-state index >= 15 is 0 Å². The first-order chi connectivity index (χ1) is 8.24. The molecule has 0 aromatic heterocycles. The predicted molar refractivity (Wildman–Crippen MR) is 60.9 cm³/mol. The highest BCUT2D eigenvalue weighted by atomic mass is 35.5. The number of nitrogens with one attached hydrogen (secondary N) is 1. The van der Waals surface area contributed by atoms with Crippen molar-refractivity contribution in [3.05, 3.63) is 33.3 Å². The van der Waals surface area contributed by atoms with E-state index in [1.165, 1.54) is 0 Å². The summed E-state index contributed by atoms with van der Waals surface area (Å²) in [6, 6.07) is 2.85. The summed E-state index contributed by atoms with van der Waals surface area (Å²) in [5.41, 5.74) is -0.574. The molecule has 2 N–H and O–H groups in total. The standard InChI is InChI=1S/C8H7ClN2O6S/c9-6-2-1-5(3-7(6)11(14)15)18(16,17)10-4-8(12)13/h1-3,10H,4H2,(H,12,13). The number of carbonyl (C=O) groups is 1. The van der Waals surface area contributed by atoms with Gasteiger partial charge in [-0.2, -0.15) is 4.72 Å². The van der Waals surface area contributed by atoms with Crippen LogP contribution < -0.4 is 4.72 Å². The van der Waals surface area contributed by atoms with E-state index in [4.69, 9.17) is 16.7 Å². The average Bonchev–Trinajstić information content (AvgIpc) is 2.26. The van der Waals surface area contributed by atoms with Crippen LogP contribution in [0.1, 0.15) is 0 Å². The number of carboxylic acid groups (broad SMARTS) is 1. The van der Waals surface area contributed by atoms with Gasteiger partial charge in [-0.25, -0.2) is 8.42 Å². The van der Waals surface area contributed by atoms with Gasteiger partial charge in [0.25, 0.3) is 5.69 Å². The third kappa shape index (κ3) is 3.39. The van der Waals surface area contributed by atoms with Crippen LogP contribution in [0.5, 0.6) is 0 Å². The first-order valence-corrected chi connectivity index (χ1v) is 6.25. The maximum atomic E-state index is 11.6. The first-order valence-electron chi connectivity index (χ1n) is 4.39. The van der Waals surface area contributed by atoms with Gasteiger partial charge in [0, 0.05) is 6.07 Å². The van der Waals surface area contributed by atoms with E-state index < -0.39 is 38.0 Å². The Balaban J connectivity index is 3.14. The molecule has 1 rings (SSSR count). The Hall–Kier alpha value is -1.71. The van der Waals surface area contributed by atoms with Crippen LogP contribution in [0.4, 0.5) is 5.69 Å². The fraction of sp³-hybridized carbons (Fsp3) is 0.125. The van der Waals surface area contributed by atoms with Gasteiger partial charge in [0.05, 0.1) is 9.82 Å². The Morgan fingerprint density at radius 3 is 2.61 bits per heavy atom. The maximum Gasteiger partial charge on any atom is 0.318 e. The third-order valence-corrected chi connectivity index (χ3v) is 3.56. The fourth-order valence-electron chi connectivity index (χ4n) is 1.04. The van der Waals surface area contributed by atoms with Crippen molar-refractivity contribution < 1.29 is 23.2 Å². The lowest BCUT2D eigenvalue weighted by Crippen LogP contribution is -2.29. The molecule has 0 aliphatic carbocycles. The van der Waals surface area contributed by atoms with Crippen LogP contribution in [0.15, 0.2) is 23.1 Å². The third-order valence-electron chi connectivity index (χ3n) is 1.84. The fourth-order valence-corrected chi connectivity index (χ4v) is 2.22. The van der Waals surface area contributed by atoms with Gasteiger partial charge in [-0.15, -0.1) is 0 Å². The van der Waals surface area contributed by atoms with Gasteiger partial charge in [-0.05, 0) is 12.1 Å². The zero-order valence-electron chi connectivity index (χ0n) is 8.66. The average molecular weight is 295 g/mol. The molecule has 1 aromatic carbocycles. The van der Waals surface area contributed by atoms with E-state index in [0.717, 1.165) is 18.2 Å². The van der Waals surface area contributed by atoms with Crippen molar-refractivity contribution in [3.63, 3.8) is 0 Å². The largest absolute Gasteiger partial charge is 0.480 e. The molecule has 0 bridgehead atoms. The van der Waals surface area contributed by atoms with Crippen LogP contribution in [-0.2, 0) is 14.8 Å². The summed E-state index contributed by atoms with van der Waals surface area (Å²) < 4.78 is 24.9. The van der Waals surface area contributed by atoms with Crippen molar-refractivity contribution >= 4 is 33.3 Å². The van der Waals surface area contributed by atoms with E-state index in [9.17, 15) is 23.3 Å². The van der Waals surface area contributed by atoms with E-state index in [2.05, 4.69) is 0 Å². The molecular formula is C8H7ClN2O6S. The second-order valence-corrected chi connectivity index (χ2v) is 5.26. The summed E-state index contributed by atoms with van der Waals surface area (Å²) in [5, 5.41) is 18.7. The highest BCUT2D eigenvalue weighted by molar-refractivity contribution is 7.89. The van der Waals surface area contributed by atoms with E-state index in [1.54, 1.807) is 4.72 Å². The van der Waals surface area contributed by atoms with Gasteiger partial charge in [0.15, 0.2) is 0 Å². The second-order valence-electron chi connectivity index (χ2n) is 3.09. The monoisotopic (exact) mass is 294 g/mol. The van der Waals surface area contributed by atoms with Crippen LogP contribution in [0.3, 0.4) is 0 Å². The van der Waals surface area contributed by atoms with Gasteiger partial charge >= 0.3 is 5.97 Å². The number of nitrogens with zero attached hydrogens (tertiary/aromatic N) is 1. The molecule has 0 heterocycles. The Bertz CT molecular complexity index is 600. The molecule has 0 saturated heterocycles. The van der Waals surface area contributed by atoms with E-state index in [-0.39, 0.29) is 5.02 Å². The second kappa shape index (κ2) is 5.29. The zero-order chi connectivity index (χ0) is 13.9. The van der Waals surface area contributed by atoms with Gasteiger partial charge < -0.3 is 5.11 Å². The van der Waals surface area contributed by atoms with Crippen molar-refractivity contribution in [2.75, 3.05) is 6.54 Å². The van der Waals surface area contributed by atoms with E-state index in [1.807, 2.05) is 0 Å². The lowest BCUT2D eigenvalue weighted by molar-refractivity contribution is -0.384.